The summed E-state index contributed by atoms with van der Waals surface area (Å²) in [6, 6.07) is 2.93. The first-order valence-electron chi connectivity index (χ1n) is 13.4. The van der Waals surface area contributed by atoms with Crippen molar-refractivity contribution in [3.05, 3.63) is 34.1 Å². The number of hydrogen-bond acceptors (Lipinski definition) is 8. The number of nitrogen functional groups attached to an aromatic ring is 1. The summed E-state index contributed by atoms with van der Waals surface area (Å²) in [7, 11) is 2.01. The SMILES string of the molecule is Cc1cc(N)nc(-c2c(Cl)cc3c(N4C5CCC4CNC5)nc(OC[C@@H]4CCCN4C)nc3c2F)c1C(F)(F)F. The van der Waals surface area contributed by atoms with Gasteiger partial charge in [-0.25, -0.2) is 9.37 Å². The summed E-state index contributed by atoms with van der Waals surface area (Å²) in [4.78, 5) is 17.3. The minimum atomic E-state index is -4.82. The first-order valence-corrected chi connectivity index (χ1v) is 13.8. The Balaban J connectivity index is 1.55. The molecule has 3 saturated heterocycles. The van der Waals surface area contributed by atoms with E-state index in [4.69, 9.17) is 27.1 Å². The molecule has 2 unspecified atom stereocenters. The van der Waals surface area contributed by atoms with Crippen LogP contribution < -0.4 is 20.7 Å². The van der Waals surface area contributed by atoms with Gasteiger partial charge < -0.3 is 25.6 Å². The van der Waals surface area contributed by atoms with Crippen LogP contribution >= 0.6 is 11.6 Å². The smallest absolute Gasteiger partial charge is 0.418 e. The van der Waals surface area contributed by atoms with E-state index in [1.807, 2.05) is 7.05 Å². The first-order chi connectivity index (χ1) is 19.0. The van der Waals surface area contributed by atoms with Gasteiger partial charge in [0.15, 0.2) is 5.82 Å². The number of rotatable bonds is 5. The second-order valence-corrected chi connectivity index (χ2v) is 11.3. The molecule has 0 spiro atoms. The summed E-state index contributed by atoms with van der Waals surface area (Å²) >= 11 is 6.56. The van der Waals surface area contributed by atoms with Crippen molar-refractivity contribution in [2.24, 2.45) is 0 Å². The zero-order chi connectivity index (χ0) is 28.3. The molecule has 1 aromatic carbocycles. The van der Waals surface area contributed by atoms with Gasteiger partial charge in [-0.1, -0.05) is 11.6 Å². The van der Waals surface area contributed by atoms with Gasteiger partial charge in [-0.2, -0.15) is 23.1 Å². The molecule has 13 heteroatoms. The Labute approximate surface area is 233 Å². The number of hydrogen-bond donors (Lipinski definition) is 2. The van der Waals surface area contributed by atoms with E-state index in [1.165, 1.54) is 13.0 Å². The second kappa shape index (κ2) is 10.1. The van der Waals surface area contributed by atoms with E-state index in [1.54, 1.807) is 0 Å². The Kier molecular flexibility index (Phi) is 6.90. The topological polar surface area (TPSA) is 92.4 Å². The van der Waals surface area contributed by atoms with Gasteiger partial charge in [-0.3, -0.25) is 0 Å². The summed E-state index contributed by atoms with van der Waals surface area (Å²) in [5, 5.41) is 3.49. The Hall–Kier alpha value is -2.96. The molecule has 40 heavy (non-hydrogen) atoms. The van der Waals surface area contributed by atoms with Crippen LogP contribution in [-0.4, -0.2) is 71.3 Å². The van der Waals surface area contributed by atoms with E-state index in [0.717, 1.165) is 51.4 Å². The maximum absolute atomic E-state index is 16.5. The van der Waals surface area contributed by atoms with Crippen molar-refractivity contribution in [2.45, 2.75) is 56.9 Å². The van der Waals surface area contributed by atoms with Gasteiger partial charge in [0.05, 0.1) is 21.8 Å². The molecular formula is C27H30ClF4N7O. The summed E-state index contributed by atoms with van der Waals surface area (Å²) in [5.41, 5.74) is 3.17. The number of nitrogens with two attached hydrogens (primary N) is 1. The lowest BCUT2D eigenvalue weighted by molar-refractivity contribution is -0.137. The van der Waals surface area contributed by atoms with Gasteiger partial charge in [0.1, 0.15) is 23.8 Å². The third kappa shape index (κ3) is 4.69. The number of nitrogens with zero attached hydrogens (tertiary/aromatic N) is 5. The van der Waals surface area contributed by atoms with Gasteiger partial charge in [0.25, 0.3) is 0 Å². The molecule has 2 bridgehead atoms. The monoisotopic (exact) mass is 579 g/mol. The Morgan fingerprint density at radius 1 is 1.12 bits per heavy atom. The average Bonchev–Trinajstić information content (AvgIpc) is 3.39. The number of piperazine rings is 1. The predicted molar refractivity (Wildman–Crippen MR) is 145 cm³/mol. The molecule has 3 N–H and O–H groups in total. The molecule has 3 fully saturated rings. The summed E-state index contributed by atoms with van der Waals surface area (Å²) in [6.45, 7) is 3.99. The zero-order valence-corrected chi connectivity index (χ0v) is 22.9. The Morgan fingerprint density at radius 2 is 1.85 bits per heavy atom. The molecular weight excluding hydrogens is 550 g/mol. The van der Waals surface area contributed by atoms with E-state index in [2.05, 4.69) is 25.1 Å². The quantitative estimate of drug-likeness (QED) is 0.416. The second-order valence-electron chi connectivity index (χ2n) is 10.9. The number of benzene rings is 1. The molecule has 0 amide bonds. The van der Waals surface area contributed by atoms with Gasteiger partial charge in [-0.15, -0.1) is 0 Å². The van der Waals surface area contributed by atoms with Gasteiger partial charge >= 0.3 is 12.2 Å². The first kappa shape index (κ1) is 27.2. The standard InChI is InChI=1S/C27H30ClF4N7O/c1-13-8-19(33)35-24(21(13)27(30,31)32)20-18(28)9-17-23(22(20)29)36-26(40-12-16-4-3-7-38(16)2)37-25(17)39-14-5-6-15(39)11-34-10-14/h8-9,14-16,34H,3-7,10-12H2,1-2H3,(H2,33,35)/t14?,15?,16-/m0/s1. The number of likely N-dealkylation sites (N-methyl/N-ethyl adjacent to an activating group) is 1. The molecule has 3 atom stereocenters. The number of nitrogens with one attached hydrogen (secondary N) is 1. The molecule has 214 valence electrons. The number of likely N-dealkylation sites (tertiary alicyclic amines) is 1. The highest BCUT2D eigenvalue weighted by Gasteiger charge is 2.41. The zero-order valence-electron chi connectivity index (χ0n) is 22.2. The summed E-state index contributed by atoms with van der Waals surface area (Å²) < 4.78 is 64.9. The Bertz CT molecular complexity index is 1450. The fourth-order valence-corrected chi connectivity index (χ4v) is 6.64. The molecule has 3 aliphatic heterocycles. The number of pyridine rings is 1. The molecule has 0 aliphatic carbocycles. The van der Waals surface area contributed by atoms with Crippen molar-refractivity contribution in [1.82, 2.24) is 25.2 Å². The maximum atomic E-state index is 16.5. The highest BCUT2D eigenvalue weighted by atomic mass is 35.5. The third-order valence-electron chi connectivity index (χ3n) is 8.30. The van der Waals surface area contributed by atoms with Gasteiger partial charge in [-0.05, 0) is 63.9 Å². The molecule has 6 rings (SSSR count). The van der Waals surface area contributed by atoms with E-state index in [0.29, 0.717) is 17.8 Å². The molecule has 0 radical (unpaired) electrons. The van der Waals surface area contributed by atoms with Crippen LogP contribution in [0.15, 0.2) is 12.1 Å². The lowest BCUT2D eigenvalue weighted by Gasteiger charge is -2.37. The lowest BCUT2D eigenvalue weighted by atomic mass is 9.99. The van der Waals surface area contributed by atoms with Crippen LogP contribution in [-0.2, 0) is 6.18 Å². The normalized spacial score (nSPS) is 23.4. The molecule has 0 saturated carbocycles. The van der Waals surface area contributed by atoms with Crippen LogP contribution in [0.5, 0.6) is 6.01 Å². The van der Waals surface area contributed by atoms with E-state index < -0.39 is 28.8 Å². The number of alkyl halides is 3. The van der Waals surface area contributed by atoms with Crippen LogP contribution in [0.2, 0.25) is 5.02 Å². The van der Waals surface area contributed by atoms with Crippen molar-refractivity contribution in [3.8, 4) is 17.3 Å². The number of aryl methyl sites for hydroxylation is 1. The van der Waals surface area contributed by atoms with Gasteiger partial charge in [0.2, 0.25) is 0 Å². The van der Waals surface area contributed by atoms with Crippen molar-refractivity contribution >= 4 is 34.1 Å². The molecule has 5 heterocycles. The van der Waals surface area contributed by atoms with Crippen molar-refractivity contribution in [3.63, 3.8) is 0 Å². The molecule has 8 nitrogen and oxygen atoms in total. The number of ether oxygens (including phenoxy) is 1. The molecule has 3 aliphatic rings. The van der Waals surface area contributed by atoms with Crippen molar-refractivity contribution in [1.29, 1.82) is 0 Å². The lowest BCUT2D eigenvalue weighted by Crippen LogP contribution is -2.52. The van der Waals surface area contributed by atoms with Crippen LogP contribution in [0.1, 0.15) is 36.8 Å². The number of halogens is 5. The highest BCUT2D eigenvalue weighted by molar-refractivity contribution is 6.34. The molecule has 2 aromatic heterocycles. The van der Waals surface area contributed by atoms with Crippen LogP contribution in [0.25, 0.3) is 22.2 Å². The minimum Gasteiger partial charge on any atom is -0.462 e. The third-order valence-corrected chi connectivity index (χ3v) is 8.60. The van der Waals surface area contributed by atoms with E-state index >= 15 is 4.39 Å². The van der Waals surface area contributed by atoms with E-state index in [-0.39, 0.29) is 46.1 Å². The maximum Gasteiger partial charge on any atom is 0.418 e. The number of anilines is 2. The largest absolute Gasteiger partial charge is 0.462 e. The fourth-order valence-electron chi connectivity index (χ4n) is 6.36. The number of fused-ring (bicyclic) bond motifs is 3. The predicted octanol–water partition coefficient (Wildman–Crippen LogP) is 4.81. The number of aromatic nitrogens is 3. The van der Waals surface area contributed by atoms with Crippen LogP contribution in [0.4, 0.5) is 29.2 Å². The minimum absolute atomic E-state index is 0.0272. The highest BCUT2D eigenvalue weighted by Crippen LogP contribution is 2.45. The van der Waals surface area contributed by atoms with Gasteiger partial charge in [0, 0.05) is 36.6 Å². The fraction of sp³-hybridized carbons (Fsp3) is 0.519. The Morgan fingerprint density at radius 3 is 2.50 bits per heavy atom. The van der Waals surface area contributed by atoms with Crippen LogP contribution in [0.3, 0.4) is 0 Å². The summed E-state index contributed by atoms with van der Waals surface area (Å²) in [6.07, 6.45) is -0.954. The van der Waals surface area contributed by atoms with Crippen molar-refractivity contribution < 1.29 is 22.3 Å². The summed E-state index contributed by atoms with van der Waals surface area (Å²) in [5.74, 6) is -0.741. The van der Waals surface area contributed by atoms with E-state index in [9.17, 15) is 13.2 Å². The average molecular weight is 580 g/mol. The van der Waals surface area contributed by atoms with Crippen LogP contribution in [0, 0.1) is 12.7 Å². The molecule has 3 aromatic rings. The van der Waals surface area contributed by atoms with Crippen molar-refractivity contribution in [2.75, 3.05) is 43.9 Å².